The summed E-state index contributed by atoms with van der Waals surface area (Å²) in [7, 11) is 0. The maximum Gasteiger partial charge on any atom is 0.344 e. The number of hydrogen-bond acceptors (Lipinski definition) is 6. The number of halogens is 2. The van der Waals surface area contributed by atoms with Crippen molar-refractivity contribution in [2.75, 3.05) is 26.4 Å². The molecule has 1 aromatic rings. The van der Waals surface area contributed by atoms with E-state index in [2.05, 4.69) is 4.99 Å². The highest BCUT2D eigenvalue weighted by Gasteiger charge is 2.23. The molecule has 1 fully saturated rings. The maximum absolute atomic E-state index is 13.7. The monoisotopic (exact) mass is 409 g/mol. The van der Waals surface area contributed by atoms with Crippen molar-refractivity contribution in [3.05, 3.63) is 46.7 Å². The minimum Gasteiger partial charge on any atom is -0.454 e. The molecule has 29 heavy (non-hydrogen) atoms. The number of ether oxygens (including phenoxy) is 2. The number of hydrogen-bond donors (Lipinski definition) is 2. The standard InChI is InChI=1S/C20H25F2N3O4/c1-2-15(23)18(19(24)25-10-12-6-8-28-9-7-12)20(27)29-11-16(26)17-13(21)4-3-5-14(17)22/h3-5,12H,2,6-11,23H2,1H3,(H2,24,25). The van der Waals surface area contributed by atoms with Gasteiger partial charge in [-0.1, -0.05) is 13.0 Å². The number of Topliss-reactive ketones (excluding diaryl/α,β-unsaturated/α-hetero) is 1. The van der Waals surface area contributed by atoms with Gasteiger partial charge >= 0.3 is 5.97 Å². The smallest absolute Gasteiger partial charge is 0.344 e. The predicted octanol–water partition coefficient (Wildman–Crippen LogP) is 2.10. The van der Waals surface area contributed by atoms with Crippen LogP contribution in [0.4, 0.5) is 8.78 Å². The second-order valence-electron chi connectivity index (χ2n) is 6.63. The normalized spacial score (nSPS) is 16.3. The Morgan fingerprint density at radius 2 is 1.83 bits per heavy atom. The third kappa shape index (κ3) is 6.08. The number of amidine groups is 1. The van der Waals surface area contributed by atoms with Crippen molar-refractivity contribution in [1.82, 2.24) is 0 Å². The lowest BCUT2D eigenvalue weighted by molar-refractivity contribution is -0.137. The highest BCUT2D eigenvalue weighted by atomic mass is 19.1. The first kappa shape index (κ1) is 22.5. The van der Waals surface area contributed by atoms with Crippen molar-refractivity contribution >= 4 is 17.6 Å². The lowest BCUT2D eigenvalue weighted by Gasteiger charge is -2.20. The molecule has 0 saturated carbocycles. The molecular formula is C20H25F2N3O4. The van der Waals surface area contributed by atoms with E-state index in [0.717, 1.165) is 31.0 Å². The van der Waals surface area contributed by atoms with Crippen LogP contribution in [0.3, 0.4) is 0 Å². The molecule has 1 saturated heterocycles. The van der Waals surface area contributed by atoms with Crippen LogP contribution >= 0.6 is 0 Å². The molecule has 0 radical (unpaired) electrons. The van der Waals surface area contributed by atoms with Gasteiger partial charge in [-0.15, -0.1) is 0 Å². The number of aliphatic imine (C=N–C) groups is 1. The zero-order valence-corrected chi connectivity index (χ0v) is 16.2. The Bertz CT molecular complexity index is 798. The molecule has 0 atom stereocenters. The van der Waals surface area contributed by atoms with Crippen molar-refractivity contribution < 1.29 is 27.8 Å². The Morgan fingerprint density at radius 3 is 2.41 bits per heavy atom. The first-order chi connectivity index (χ1) is 13.8. The van der Waals surface area contributed by atoms with Gasteiger partial charge in [0.2, 0.25) is 5.78 Å². The average molecular weight is 409 g/mol. The molecule has 4 N–H and O–H groups in total. The number of esters is 1. The van der Waals surface area contributed by atoms with Crippen LogP contribution in [0.15, 0.2) is 34.5 Å². The van der Waals surface area contributed by atoms with Gasteiger partial charge in [0.15, 0.2) is 6.61 Å². The molecule has 9 heteroatoms. The molecule has 1 aliphatic heterocycles. The molecule has 0 bridgehead atoms. The van der Waals surface area contributed by atoms with Gasteiger partial charge in [-0.25, -0.2) is 13.6 Å². The van der Waals surface area contributed by atoms with E-state index < -0.39 is 35.6 Å². The fourth-order valence-corrected chi connectivity index (χ4v) is 2.85. The number of allylic oxidation sites excluding steroid dienone is 1. The minimum absolute atomic E-state index is 0.0923. The number of nitrogens with two attached hydrogens (primary N) is 2. The van der Waals surface area contributed by atoms with E-state index in [4.69, 9.17) is 20.9 Å². The van der Waals surface area contributed by atoms with Crippen LogP contribution in [-0.4, -0.2) is 44.0 Å². The lowest BCUT2D eigenvalue weighted by atomic mass is 10.0. The minimum atomic E-state index is -1.03. The summed E-state index contributed by atoms with van der Waals surface area (Å²) in [5.41, 5.74) is 11.1. The molecule has 0 amide bonds. The van der Waals surface area contributed by atoms with Crippen molar-refractivity contribution in [3.63, 3.8) is 0 Å². The van der Waals surface area contributed by atoms with E-state index >= 15 is 0 Å². The molecular weight excluding hydrogens is 384 g/mol. The number of carbonyl (C=O) groups excluding carboxylic acids is 2. The fraction of sp³-hybridized carbons (Fsp3) is 0.450. The van der Waals surface area contributed by atoms with Crippen LogP contribution in [0.25, 0.3) is 0 Å². The Kier molecular flexibility index (Phi) is 8.26. The molecule has 1 aliphatic rings. The third-order valence-corrected chi connectivity index (χ3v) is 4.60. The van der Waals surface area contributed by atoms with Crippen molar-refractivity contribution in [2.24, 2.45) is 22.4 Å². The summed E-state index contributed by atoms with van der Waals surface area (Å²) in [6.07, 6.45) is 1.98. The van der Waals surface area contributed by atoms with E-state index in [1.807, 2.05) is 0 Å². The summed E-state index contributed by atoms with van der Waals surface area (Å²) in [5.74, 6) is -3.86. The summed E-state index contributed by atoms with van der Waals surface area (Å²) < 4.78 is 37.6. The highest BCUT2D eigenvalue weighted by Crippen LogP contribution is 2.16. The van der Waals surface area contributed by atoms with Gasteiger partial charge in [-0.3, -0.25) is 9.79 Å². The molecule has 1 aromatic carbocycles. The van der Waals surface area contributed by atoms with E-state index in [-0.39, 0.29) is 23.0 Å². The zero-order valence-electron chi connectivity index (χ0n) is 16.2. The predicted molar refractivity (Wildman–Crippen MR) is 103 cm³/mol. The first-order valence-corrected chi connectivity index (χ1v) is 9.36. The maximum atomic E-state index is 13.7. The van der Waals surface area contributed by atoms with Gasteiger partial charge in [0, 0.05) is 25.5 Å². The van der Waals surface area contributed by atoms with Crippen LogP contribution in [0, 0.1) is 17.6 Å². The fourth-order valence-electron chi connectivity index (χ4n) is 2.85. The number of carbonyl (C=O) groups is 2. The van der Waals surface area contributed by atoms with Crippen molar-refractivity contribution in [1.29, 1.82) is 0 Å². The molecule has 2 rings (SSSR count). The molecule has 0 aliphatic carbocycles. The van der Waals surface area contributed by atoms with Gasteiger partial charge in [0.05, 0.1) is 5.56 Å². The number of nitrogens with zero attached hydrogens (tertiary/aromatic N) is 1. The van der Waals surface area contributed by atoms with Crippen molar-refractivity contribution in [2.45, 2.75) is 26.2 Å². The van der Waals surface area contributed by atoms with Crippen LogP contribution in [0.2, 0.25) is 0 Å². The van der Waals surface area contributed by atoms with Crippen molar-refractivity contribution in [3.8, 4) is 0 Å². The van der Waals surface area contributed by atoms with Crippen LogP contribution < -0.4 is 11.5 Å². The zero-order chi connectivity index (χ0) is 21.4. The Morgan fingerprint density at radius 1 is 1.21 bits per heavy atom. The largest absolute Gasteiger partial charge is 0.454 e. The van der Waals surface area contributed by atoms with Crippen LogP contribution in [-0.2, 0) is 14.3 Å². The van der Waals surface area contributed by atoms with Gasteiger partial charge in [0.1, 0.15) is 23.0 Å². The summed E-state index contributed by atoms with van der Waals surface area (Å²) in [6.45, 7) is 2.56. The summed E-state index contributed by atoms with van der Waals surface area (Å²) in [5, 5.41) is 0. The number of benzene rings is 1. The number of rotatable bonds is 8. The molecule has 158 valence electrons. The molecule has 0 aromatic heterocycles. The van der Waals surface area contributed by atoms with E-state index in [1.165, 1.54) is 0 Å². The topological polar surface area (TPSA) is 117 Å². The van der Waals surface area contributed by atoms with E-state index in [0.29, 0.717) is 26.2 Å². The second-order valence-corrected chi connectivity index (χ2v) is 6.63. The average Bonchev–Trinajstić information content (AvgIpc) is 2.71. The summed E-state index contributed by atoms with van der Waals surface area (Å²) in [6, 6.07) is 3.02. The van der Waals surface area contributed by atoms with Gasteiger partial charge in [-0.2, -0.15) is 0 Å². The highest BCUT2D eigenvalue weighted by molar-refractivity contribution is 6.19. The lowest BCUT2D eigenvalue weighted by Crippen LogP contribution is -2.29. The summed E-state index contributed by atoms with van der Waals surface area (Å²) >= 11 is 0. The Hall–Kier alpha value is -2.81. The Labute approximate surface area is 167 Å². The van der Waals surface area contributed by atoms with E-state index in [1.54, 1.807) is 6.92 Å². The van der Waals surface area contributed by atoms with Crippen LogP contribution in [0.1, 0.15) is 36.5 Å². The van der Waals surface area contributed by atoms with Gasteiger partial charge < -0.3 is 20.9 Å². The second kappa shape index (κ2) is 10.7. The first-order valence-electron chi connectivity index (χ1n) is 9.36. The quantitative estimate of drug-likeness (QED) is 0.223. The summed E-state index contributed by atoms with van der Waals surface area (Å²) in [4.78, 5) is 28.8. The van der Waals surface area contributed by atoms with Crippen LogP contribution in [0.5, 0.6) is 0 Å². The molecule has 0 spiro atoms. The SMILES string of the molecule is CCC(N)=C(C(=O)OCC(=O)c1c(F)cccc1F)C(N)=NCC1CCOCC1. The Balaban J connectivity index is 2.08. The van der Waals surface area contributed by atoms with Gasteiger partial charge in [0.25, 0.3) is 0 Å². The third-order valence-electron chi connectivity index (χ3n) is 4.60. The number of ketones is 1. The molecule has 1 heterocycles. The molecule has 7 nitrogen and oxygen atoms in total. The van der Waals surface area contributed by atoms with Gasteiger partial charge in [-0.05, 0) is 37.3 Å². The van der Waals surface area contributed by atoms with E-state index in [9.17, 15) is 18.4 Å². The molecule has 0 unspecified atom stereocenters.